The van der Waals surface area contributed by atoms with E-state index in [-0.39, 0.29) is 12.1 Å². The Kier molecular flexibility index (Phi) is 4.45. The molecule has 3 N–H and O–H groups in total. The summed E-state index contributed by atoms with van der Waals surface area (Å²) in [5, 5.41) is 2.92. The van der Waals surface area contributed by atoms with Crippen LogP contribution in [0.3, 0.4) is 0 Å². The number of nitrogens with zero attached hydrogens (tertiary/aromatic N) is 1. The second-order valence-electron chi connectivity index (χ2n) is 3.93. The van der Waals surface area contributed by atoms with Crippen LogP contribution >= 0.6 is 11.3 Å². The van der Waals surface area contributed by atoms with Gasteiger partial charge in [-0.3, -0.25) is 10.1 Å². The lowest BCUT2D eigenvalue weighted by Crippen LogP contribution is -2.14. The molecular weight excluding hydrogens is 277 g/mol. The SMILES string of the molecule is Cc1cccc(C(=O)Nc2ncc(C#CCN)s2)c1F. The van der Waals surface area contributed by atoms with Crippen molar-refractivity contribution in [3.8, 4) is 11.8 Å². The summed E-state index contributed by atoms with van der Waals surface area (Å²) in [7, 11) is 0. The van der Waals surface area contributed by atoms with E-state index in [9.17, 15) is 9.18 Å². The zero-order valence-electron chi connectivity index (χ0n) is 10.7. The van der Waals surface area contributed by atoms with E-state index in [0.717, 1.165) is 0 Å². The van der Waals surface area contributed by atoms with Crippen molar-refractivity contribution in [1.29, 1.82) is 0 Å². The standard InChI is InChI=1S/C14H12FN3OS/c1-9-4-2-6-11(12(9)15)13(19)18-14-17-8-10(20-14)5-3-7-16/h2,4,6,8H,7,16H2,1H3,(H,17,18,19). The van der Waals surface area contributed by atoms with Crippen molar-refractivity contribution in [1.82, 2.24) is 4.98 Å². The predicted octanol–water partition coefficient (Wildman–Crippen LogP) is 2.15. The van der Waals surface area contributed by atoms with Crippen LogP contribution in [0.25, 0.3) is 0 Å². The smallest absolute Gasteiger partial charge is 0.260 e. The van der Waals surface area contributed by atoms with Crippen LogP contribution < -0.4 is 11.1 Å². The van der Waals surface area contributed by atoms with Gasteiger partial charge in [0.25, 0.3) is 5.91 Å². The zero-order chi connectivity index (χ0) is 14.5. The van der Waals surface area contributed by atoms with Gasteiger partial charge in [-0.2, -0.15) is 0 Å². The van der Waals surface area contributed by atoms with Crippen molar-refractivity contribution in [2.24, 2.45) is 5.73 Å². The zero-order valence-corrected chi connectivity index (χ0v) is 11.6. The normalized spacial score (nSPS) is 9.75. The molecule has 0 aliphatic heterocycles. The first-order chi connectivity index (χ1) is 9.61. The third-order valence-corrected chi connectivity index (χ3v) is 3.30. The summed E-state index contributed by atoms with van der Waals surface area (Å²) in [6.07, 6.45) is 1.54. The molecule has 0 fully saturated rings. The minimum atomic E-state index is -0.529. The summed E-state index contributed by atoms with van der Waals surface area (Å²) in [6, 6.07) is 4.67. The number of aryl methyl sites for hydroxylation is 1. The molecule has 6 heteroatoms. The lowest BCUT2D eigenvalue weighted by Gasteiger charge is -2.04. The highest BCUT2D eigenvalue weighted by atomic mass is 32.1. The molecule has 0 saturated heterocycles. The predicted molar refractivity (Wildman–Crippen MR) is 77.1 cm³/mol. The van der Waals surface area contributed by atoms with Gasteiger partial charge in [0.05, 0.1) is 23.2 Å². The molecule has 0 unspecified atom stereocenters. The Bertz CT molecular complexity index is 700. The van der Waals surface area contributed by atoms with Crippen molar-refractivity contribution in [2.75, 3.05) is 11.9 Å². The van der Waals surface area contributed by atoms with E-state index < -0.39 is 11.7 Å². The molecule has 0 aliphatic carbocycles. The number of anilines is 1. The van der Waals surface area contributed by atoms with Crippen LogP contribution in [0.5, 0.6) is 0 Å². The maximum absolute atomic E-state index is 13.8. The Morgan fingerprint density at radius 3 is 3.10 bits per heavy atom. The largest absolute Gasteiger partial charge is 0.320 e. The number of halogens is 1. The molecule has 0 saturated carbocycles. The van der Waals surface area contributed by atoms with Crippen LogP contribution in [-0.2, 0) is 0 Å². The van der Waals surface area contributed by atoms with Crippen molar-refractivity contribution >= 4 is 22.4 Å². The van der Waals surface area contributed by atoms with Gasteiger partial charge in [-0.15, -0.1) is 0 Å². The lowest BCUT2D eigenvalue weighted by molar-refractivity contribution is 0.102. The van der Waals surface area contributed by atoms with Gasteiger partial charge < -0.3 is 5.73 Å². The molecule has 0 radical (unpaired) electrons. The number of nitrogens with two attached hydrogens (primary N) is 1. The molecule has 1 heterocycles. The third-order valence-electron chi connectivity index (χ3n) is 2.48. The summed E-state index contributed by atoms with van der Waals surface area (Å²) >= 11 is 1.21. The Labute approximate surface area is 119 Å². The molecule has 1 amide bonds. The maximum Gasteiger partial charge on any atom is 0.260 e. The Morgan fingerprint density at radius 1 is 1.55 bits per heavy atom. The Balaban J connectivity index is 2.15. The average Bonchev–Trinajstić information content (AvgIpc) is 2.87. The number of carbonyl (C=O) groups is 1. The highest BCUT2D eigenvalue weighted by Gasteiger charge is 2.14. The summed E-state index contributed by atoms with van der Waals surface area (Å²) in [5.41, 5.74) is 5.69. The third kappa shape index (κ3) is 3.20. The molecule has 1 aromatic heterocycles. The summed E-state index contributed by atoms with van der Waals surface area (Å²) in [6.45, 7) is 1.87. The highest BCUT2D eigenvalue weighted by molar-refractivity contribution is 7.16. The fourth-order valence-electron chi connectivity index (χ4n) is 1.52. The second-order valence-corrected chi connectivity index (χ2v) is 4.96. The van der Waals surface area contributed by atoms with Gasteiger partial charge in [0, 0.05) is 0 Å². The summed E-state index contributed by atoms with van der Waals surface area (Å²) in [4.78, 5) is 16.7. The number of hydrogen-bond donors (Lipinski definition) is 2. The fraction of sp³-hybridized carbons (Fsp3) is 0.143. The number of amides is 1. The van der Waals surface area contributed by atoms with Crippen LogP contribution in [0.2, 0.25) is 0 Å². The first-order valence-electron chi connectivity index (χ1n) is 5.83. The Hall–Kier alpha value is -2.23. The number of aromatic nitrogens is 1. The van der Waals surface area contributed by atoms with Crippen LogP contribution in [0.1, 0.15) is 20.8 Å². The molecule has 20 heavy (non-hydrogen) atoms. The summed E-state index contributed by atoms with van der Waals surface area (Å²) < 4.78 is 13.8. The van der Waals surface area contributed by atoms with Crippen LogP contribution in [0.4, 0.5) is 9.52 Å². The topological polar surface area (TPSA) is 68.0 Å². The van der Waals surface area contributed by atoms with E-state index in [1.807, 2.05) is 0 Å². The van der Waals surface area contributed by atoms with E-state index in [0.29, 0.717) is 15.6 Å². The first-order valence-corrected chi connectivity index (χ1v) is 6.64. The van der Waals surface area contributed by atoms with Crippen LogP contribution in [0, 0.1) is 24.6 Å². The molecule has 0 atom stereocenters. The first kappa shape index (κ1) is 14.2. The Morgan fingerprint density at radius 2 is 2.35 bits per heavy atom. The number of hydrogen-bond acceptors (Lipinski definition) is 4. The van der Waals surface area contributed by atoms with Gasteiger partial charge in [-0.25, -0.2) is 9.37 Å². The second kappa shape index (κ2) is 6.28. The van der Waals surface area contributed by atoms with Gasteiger partial charge in [0.15, 0.2) is 5.13 Å². The van der Waals surface area contributed by atoms with Gasteiger partial charge in [-0.05, 0) is 18.6 Å². The van der Waals surface area contributed by atoms with Crippen LogP contribution in [0.15, 0.2) is 24.4 Å². The fourth-order valence-corrected chi connectivity index (χ4v) is 2.20. The van der Waals surface area contributed by atoms with Crippen molar-refractivity contribution in [2.45, 2.75) is 6.92 Å². The number of carbonyl (C=O) groups excluding carboxylic acids is 1. The number of benzene rings is 1. The molecular formula is C14H12FN3OS. The molecule has 2 aromatic rings. The summed E-state index contributed by atoms with van der Waals surface area (Å²) in [5.74, 6) is 4.46. The van der Waals surface area contributed by atoms with Crippen molar-refractivity contribution in [3.05, 3.63) is 46.2 Å². The quantitative estimate of drug-likeness (QED) is 0.832. The van der Waals surface area contributed by atoms with E-state index in [4.69, 9.17) is 5.73 Å². The molecule has 0 aliphatic rings. The molecule has 4 nitrogen and oxygen atoms in total. The van der Waals surface area contributed by atoms with Crippen molar-refractivity contribution < 1.29 is 9.18 Å². The van der Waals surface area contributed by atoms with E-state index >= 15 is 0 Å². The molecule has 2 rings (SSSR count). The highest BCUT2D eigenvalue weighted by Crippen LogP contribution is 2.19. The van der Waals surface area contributed by atoms with Gasteiger partial charge in [0.1, 0.15) is 5.82 Å². The molecule has 0 bridgehead atoms. The van der Waals surface area contributed by atoms with Gasteiger partial charge in [0.2, 0.25) is 0 Å². The van der Waals surface area contributed by atoms with E-state index in [1.54, 1.807) is 19.1 Å². The molecule has 0 spiro atoms. The van der Waals surface area contributed by atoms with Gasteiger partial charge >= 0.3 is 0 Å². The van der Waals surface area contributed by atoms with E-state index in [2.05, 4.69) is 22.1 Å². The number of rotatable bonds is 2. The van der Waals surface area contributed by atoms with Crippen molar-refractivity contribution in [3.63, 3.8) is 0 Å². The average molecular weight is 289 g/mol. The molecule has 1 aromatic carbocycles. The minimum Gasteiger partial charge on any atom is -0.320 e. The number of thiazole rings is 1. The minimum absolute atomic E-state index is 0.00482. The lowest BCUT2D eigenvalue weighted by atomic mass is 10.1. The number of nitrogens with one attached hydrogen (secondary N) is 1. The molecule has 102 valence electrons. The monoisotopic (exact) mass is 289 g/mol. The van der Waals surface area contributed by atoms with E-state index in [1.165, 1.54) is 23.6 Å². The van der Waals surface area contributed by atoms with Crippen LogP contribution in [-0.4, -0.2) is 17.4 Å². The maximum atomic E-state index is 13.8. The van der Waals surface area contributed by atoms with Gasteiger partial charge in [-0.1, -0.05) is 35.3 Å².